The van der Waals surface area contributed by atoms with E-state index < -0.39 is 0 Å². The van der Waals surface area contributed by atoms with E-state index in [1.165, 1.54) is 0 Å². The van der Waals surface area contributed by atoms with E-state index in [9.17, 15) is 4.79 Å². The van der Waals surface area contributed by atoms with E-state index >= 15 is 0 Å². The highest BCUT2D eigenvalue weighted by Gasteiger charge is 2.10. The third kappa shape index (κ3) is 3.51. The first-order valence-corrected chi connectivity index (χ1v) is 8.09. The van der Waals surface area contributed by atoms with Crippen LogP contribution in [-0.4, -0.2) is 29.6 Å². The number of anilines is 2. The molecule has 24 heavy (non-hydrogen) atoms. The van der Waals surface area contributed by atoms with Crippen LogP contribution in [0.2, 0.25) is 5.02 Å². The zero-order chi connectivity index (χ0) is 17.1. The number of hydrogen-bond donors (Lipinski definition) is 1. The number of hydrogen-bond acceptors (Lipinski definition) is 3. The quantitative estimate of drug-likeness (QED) is 0.767. The van der Waals surface area contributed by atoms with Crippen molar-refractivity contribution < 1.29 is 4.79 Å². The predicted octanol–water partition coefficient (Wildman–Crippen LogP) is 3.78. The Hall–Kier alpha value is -2.53. The number of rotatable bonds is 5. The first-order valence-electron chi connectivity index (χ1n) is 7.71. The fraction of sp³-hybridized carbons (Fsp3) is 0.222. The Morgan fingerprint density at radius 2 is 2.04 bits per heavy atom. The summed E-state index contributed by atoms with van der Waals surface area (Å²) in [5, 5.41) is 3.54. The molecule has 0 bridgehead atoms. The number of para-hydroxylation sites is 2. The molecule has 0 atom stereocenters. The SMILES string of the molecule is CN(C)c1ccc(Cl)cc1NC(=O)CCn1cnc2ccccc21. The molecule has 3 aromatic rings. The van der Waals surface area contributed by atoms with Crippen LogP contribution in [0.25, 0.3) is 11.0 Å². The number of carbonyl (C=O) groups excluding carboxylic acids is 1. The molecule has 1 amide bonds. The monoisotopic (exact) mass is 342 g/mol. The van der Waals surface area contributed by atoms with Gasteiger partial charge in [-0.15, -0.1) is 0 Å². The second-order valence-corrected chi connectivity index (χ2v) is 6.22. The van der Waals surface area contributed by atoms with Crippen molar-refractivity contribution in [2.75, 3.05) is 24.3 Å². The summed E-state index contributed by atoms with van der Waals surface area (Å²) in [5.41, 5.74) is 3.60. The maximum Gasteiger partial charge on any atom is 0.226 e. The van der Waals surface area contributed by atoms with Crippen molar-refractivity contribution in [2.45, 2.75) is 13.0 Å². The van der Waals surface area contributed by atoms with E-state index in [4.69, 9.17) is 11.6 Å². The lowest BCUT2D eigenvalue weighted by molar-refractivity contribution is -0.116. The third-order valence-corrected chi connectivity index (χ3v) is 4.06. The molecule has 0 saturated carbocycles. The van der Waals surface area contributed by atoms with Crippen molar-refractivity contribution >= 4 is 39.9 Å². The molecule has 0 spiro atoms. The van der Waals surface area contributed by atoms with Crippen LogP contribution in [0.1, 0.15) is 6.42 Å². The summed E-state index contributed by atoms with van der Waals surface area (Å²) in [6.45, 7) is 0.574. The molecule has 0 unspecified atom stereocenters. The van der Waals surface area contributed by atoms with Gasteiger partial charge >= 0.3 is 0 Å². The summed E-state index contributed by atoms with van der Waals surface area (Å²) in [6, 6.07) is 13.3. The number of fused-ring (bicyclic) bond motifs is 1. The van der Waals surface area contributed by atoms with Crippen LogP contribution in [0.15, 0.2) is 48.8 Å². The largest absolute Gasteiger partial charge is 0.376 e. The fourth-order valence-electron chi connectivity index (χ4n) is 2.62. The van der Waals surface area contributed by atoms with Gasteiger partial charge in [0.05, 0.1) is 28.7 Å². The lowest BCUT2D eigenvalue weighted by Gasteiger charge is -2.18. The lowest BCUT2D eigenvalue weighted by atomic mass is 10.2. The summed E-state index contributed by atoms with van der Waals surface area (Å²) in [7, 11) is 3.85. The van der Waals surface area contributed by atoms with E-state index in [1.807, 2.05) is 60.0 Å². The van der Waals surface area contributed by atoms with E-state index in [0.29, 0.717) is 23.7 Å². The van der Waals surface area contributed by atoms with E-state index in [1.54, 1.807) is 12.4 Å². The number of aromatic nitrogens is 2. The number of imidazole rings is 1. The molecule has 0 fully saturated rings. The molecule has 1 aromatic heterocycles. The van der Waals surface area contributed by atoms with Crippen LogP contribution in [0.3, 0.4) is 0 Å². The minimum Gasteiger partial charge on any atom is -0.376 e. The van der Waals surface area contributed by atoms with E-state index in [-0.39, 0.29) is 5.91 Å². The molecule has 0 aliphatic rings. The van der Waals surface area contributed by atoms with Crippen molar-refractivity contribution in [3.8, 4) is 0 Å². The third-order valence-electron chi connectivity index (χ3n) is 3.82. The number of nitrogens with one attached hydrogen (secondary N) is 1. The van der Waals surface area contributed by atoms with Crippen LogP contribution in [0.4, 0.5) is 11.4 Å². The minimum atomic E-state index is -0.0573. The van der Waals surface area contributed by atoms with Gasteiger partial charge in [-0.1, -0.05) is 23.7 Å². The van der Waals surface area contributed by atoms with Crippen LogP contribution in [-0.2, 0) is 11.3 Å². The average molecular weight is 343 g/mol. The van der Waals surface area contributed by atoms with Crippen LogP contribution in [0, 0.1) is 0 Å². The molecule has 1 N–H and O–H groups in total. The zero-order valence-corrected chi connectivity index (χ0v) is 14.4. The first kappa shape index (κ1) is 16.3. The first-order chi connectivity index (χ1) is 11.5. The number of halogens is 1. The highest BCUT2D eigenvalue weighted by atomic mass is 35.5. The highest BCUT2D eigenvalue weighted by molar-refractivity contribution is 6.31. The summed E-state index contributed by atoms with van der Waals surface area (Å²) in [6.07, 6.45) is 2.13. The zero-order valence-electron chi connectivity index (χ0n) is 13.7. The summed E-state index contributed by atoms with van der Waals surface area (Å²) in [5.74, 6) is -0.0573. The normalized spacial score (nSPS) is 10.8. The molecule has 0 aliphatic carbocycles. The van der Waals surface area contributed by atoms with Crippen LogP contribution in [0.5, 0.6) is 0 Å². The Morgan fingerprint density at radius 1 is 1.25 bits per heavy atom. The van der Waals surface area contributed by atoms with Gasteiger partial charge in [-0.2, -0.15) is 0 Å². The molecule has 5 nitrogen and oxygen atoms in total. The Bertz CT molecular complexity index is 872. The number of nitrogens with zero attached hydrogens (tertiary/aromatic N) is 3. The average Bonchev–Trinajstić information content (AvgIpc) is 2.96. The van der Waals surface area contributed by atoms with Crippen molar-refractivity contribution in [2.24, 2.45) is 0 Å². The van der Waals surface area contributed by atoms with Gasteiger partial charge in [-0.05, 0) is 30.3 Å². The summed E-state index contributed by atoms with van der Waals surface area (Å²) < 4.78 is 1.99. The maximum atomic E-state index is 12.3. The molecule has 124 valence electrons. The Kier molecular flexibility index (Phi) is 4.71. The predicted molar refractivity (Wildman–Crippen MR) is 98.8 cm³/mol. The molecular weight excluding hydrogens is 324 g/mol. The molecule has 0 radical (unpaired) electrons. The second-order valence-electron chi connectivity index (χ2n) is 5.78. The summed E-state index contributed by atoms with van der Waals surface area (Å²) in [4.78, 5) is 18.6. The lowest BCUT2D eigenvalue weighted by Crippen LogP contribution is -2.17. The molecule has 6 heteroatoms. The Morgan fingerprint density at radius 3 is 2.83 bits per heavy atom. The maximum absolute atomic E-state index is 12.3. The molecular formula is C18H19ClN4O. The van der Waals surface area contributed by atoms with Gasteiger partial charge in [-0.3, -0.25) is 4.79 Å². The molecule has 3 rings (SSSR count). The summed E-state index contributed by atoms with van der Waals surface area (Å²) >= 11 is 6.05. The van der Waals surface area contributed by atoms with Gasteiger partial charge in [-0.25, -0.2) is 4.98 Å². The van der Waals surface area contributed by atoms with Crippen LogP contribution < -0.4 is 10.2 Å². The molecule has 0 aliphatic heterocycles. The number of carbonyl (C=O) groups is 1. The van der Waals surface area contributed by atoms with Crippen LogP contribution >= 0.6 is 11.6 Å². The second kappa shape index (κ2) is 6.93. The molecule has 2 aromatic carbocycles. The number of benzene rings is 2. The van der Waals surface area contributed by atoms with Gasteiger partial charge in [0.2, 0.25) is 5.91 Å². The van der Waals surface area contributed by atoms with Crippen molar-refractivity contribution in [3.63, 3.8) is 0 Å². The van der Waals surface area contributed by atoms with Gasteiger partial charge in [0.15, 0.2) is 0 Å². The highest BCUT2D eigenvalue weighted by Crippen LogP contribution is 2.28. The Balaban J connectivity index is 1.69. The van der Waals surface area contributed by atoms with Gasteiger partial charge in [0, 0.05) is 32.1 Å². The van der Waals surface area contributed by atoms with Crippen molar-refractivity contribution in [1.29, 1.82) is 0 Å². The Labute approximate surface area is 145 Å². The van der Waals surface area contributed by atoms with Crippen molar-refractivity contribution in [1.82, 2.24) is 9.55 Å². The fourth-order valence-corrected chi connectivity index (χ4v) is 2.79. The van der Waals surface area contributed by atoms with Gasteiger partial charge in [0.25, 0.3) is 0 Å². The molecule has 1 heterocycles. The van der Waals surface area contributed by atoms with Gasteiger partial charge < -0.3 is 14.8 Å². The molecule has 0 saturated heterocycles. The van der Waals surface area contributed by atoms with E-state index in [2.05, 4.69) is 10.3 Å². The standard InChI is InChI=1S/C18H19ClN4O/c1-22(2)16-8-7-13(19)11-15(16)21-18(24)9-10-23-12-20-14-5-3-4-6-17(14)23/h3-8,11-12H,9-10H2,1-2H3,(H,21,24). The number of amides is 1. The number of aryl methyl sites for hydroxylation is 1. The van der Waals surface area contributed by atoms with Gasteiger partial charge in [0.1, 0.15) is 0 Å². The minimum absolute atomic E-state index is 0.0573. The smallest absolute Gasteiger partial charge is 0.226 e. The van der Waals surface area contributed by atoms with E-state index in [0.717, 1.165) is 16.7 Å². The van der Waals surface area contributed by atoms with Crippen molar-refractivity contribution in [3.05, 3.63) is 53.8 Å². The topological polar surface area (TPSA) is 50.2 Å².